The van der Waals surface area contributed by atoms with Crippen LogP contribution >= 0.6 is 15.9 Å². The van der Waals surface area contributed by atoms with Gasteiger partial charge >= 0.3 is 0 Å². The summed E-state index contributed by atoms with van der Waals surface area (Å²) in [5.74, 6) is 1.95. The van der Waals surface area contributed by atoms with Crippen LogP contribution in [0.3, 0.4) is 0 Å². The molecule has 138 valence electrons. The molecule has 3 aromatic rings. The summed E-state index contributed by atoms with van der Waals surface area (Å²) in [5.41, 5.74) is 3.17. The highest BCUT2D eigenvalue weighted by Crippen LogP contribution is 2.40. The van der Waals surface area contributed by atoms with Crippen molar-refractivity contribution in [1.82, 2.24) is 15.6 Å². The minimum absolute atomic E-state index is 0.412. The van der Waals surface area contributed by atoms with E-state index in [-0.39, 0.29) is 0 Å². The number of halogens is 1. The van der Waals surface area contributed by atoms with Gasteiger partial charge in [-0.2, -0.15) is 0 Å². The van der Waals surface area contributed by atoms with Crippen molar-refractivity contribution in [3.8, 4) is 11.5 Å². The first-order valence-corrected chi connectivity index (χ1v) is 9.74. The van der Waals surface area contributed by atoms with Gasteiger partial charge in [-0.25, -0.2) is 4.98 Å². The summed E-state index contributed by atoms with van der Waals surface area (Å²) in [4.78, 5) is 8.85. The van der Waals surface area contributed by atoms with Crippen LogP contribution in [-0.2, 0) is 6.54 Å². The maximum absolute atomic E-state index is 5.58. The SMILES string of the molecule is CN=C(NCc1coc(-c2ccccc2)n1)NC1CC1c1ccc(Br)cc1. The highest BCUT2D eigenvalue weighted by molar-refractivity contribution is 9.10. The lowest BCUT2D eigenvalue weighted by molar-refractivity contribution is 0.572. The van der Waals surface area contributed by atoms with Gasteiger partial charge in [0.1, 0.15) is 6.26 Å². The van der Waals surface area contributed by atoms with Crippen molar-refractivity contribution in [3.63, 3.8) is 0 Å². The minimum Gasteiger partial charge on any atom is -0.444 e. The van der Waals surface area contributed by atoms with E-state index in [0.717, 1.165) is 28.1 Å². The summed E-state index contributed by atoms with van der Waals surface area (Å²) in [6.45, 7) is 0.561. The van der Waals surface area contributed by atoms with Crippen LogP contribution < -0.4 is 10.6 Å². The smallest absolute Gasteiger partial charge is 0.226 e. The van der Waals surface area contributed by atoms with Crippen LogP contribution in [0.1, 0.15) is 23.6 Å². The summed E-state index contributed by atoms with van der Waals surface area (Å²) in [7, 11) is 1.78. The molecule has 1 heterocycles. The number of aromatic nitrogens is 1. The molecular weight excluding hydrogens is 404 g/mol. The summed E-state index contributed by atoms with van der Waals surface area (Å²) in [6.07, 6.45) is 2.80. The van der Waals surface area contributed by atoms with Crippen LogP contribution in [0, 0.1) is 0 Å². The zero-order valence-corrected chi connectivity index (χ0v) is 16.6. The first-order chi connectivity index (χ1) is 13.2. The predicted octanol–water partition coefficient (Wildman–Crippen LogP) is 4.33. The van der Waals surface area contributed by atoms with E-state index in [0.29, 0.717) is 24.4 Å². The number of nitrogens with zero attached hydrogens (tertiary/aromatic N) is 2. The normalized spacial score (nSPS) is 19.0. The molecule has 4 rings (SSSR count). The molecule has 2 aromatic carbocycles. The lowest BCUT2D eigenvalue weighted by atomic mass is 10.1. The average Bonchev–Trinajstić information content (AvgIpc) is 3.31. The van der Waals surface area contributed by atoms with Gasteiger partial charge in [0.25, 0.3) is 0 Å². The lowest BCUT2D eigenvalue weighted by Gasteiger charge is -2.10. The molecule has 0 aliphatic heterocycles. The Kier molecular flexibility index (Phi) is 5.25. The van der Waals surface area contributed by atoms with Crippen LogP contribution in [0.15, 0.2) is 74.7 Å². The van der Waals surface area contributed by atoms with Gasteiger partial charge in [0, 0.05) is 29.0 Å². The van der Waals surface area contributed by atoms with Gasteiger partial charge in [-0.1, -0.05) is 46.3 Å². The molecule has 1 saturated carbocycles. The highest BCUT2D eigenvalue weighted by atomic mass is 79.9. The third-order valence-corrected chi connectivity index (χ3v) is 5.17. The van der Waals surface area contributed by atoms with Crippen molar-refractivity contribution < 1.29 is 4.42 Å². The number of benzene rings is 2. The predicted molar refractivity (Wildman–Crippen MR) is 111 cm³/mol. The Morgan fingerprint density at radius 3 is 2.70 bits per heavy atom. The van der Waals surface area contributed by atoms with Crippen LogP contribution in [-0.4, -0.2) is 24.0 Å². The summed E-state index contributed by atoms with van der Waals surface area (Å²) in [6, 6.07) is 18.8. The van der Waals surface area contributed by atoms with Crippen molar-refractivity contribution in [2.75, 3.05) is 7.05 Å². The van der Waals surface area contributed by atoms with E-state index in [1.165, 1.54) is 5.56 Å². The van der Waals surface area contributed by atoms with E-state index < -0.39 is 0 Å². The fourth-order valence-corrected chi connectivity index (χ4v) is 3.34. The lowest BCUT2D eigenvalue weighted by Crippen LogP contribution is -2.38. The Balaban J connectivity index is 1.30. The molecule has 1 fully saturated rings. The Hall–Kier alpha value is -2.60. The van der Waals surface area contributed by atoms with Gasteiger partial charge in [-0.15, -0.1) is 0 Å². The molecule has 1 aliphatic carbocycles. The first kappa shape index (κ1) is 17.8. The van der Waals surface area contributed by atoms with Crippen molar-refractivity contribution in [2.45, 2.75) is 24.9 Å². The third-order valence-electron chi connectivity index (χ3n) is 4.64. The molecular formula is C21H21BrN4O. The number of oxazole rings is 1. The van der Waals surface area contributed by atoms with Crippen LogP contribution in [0.4, 0.5) is 0 Å². The second-order valence-electron chi connectivity index (χ2n) is 6.58. The summed E-state index contributed by atoms with van der Waals surface area (Å²) >= 11 is 3.48. The van der Waals surface area contributed by atoms with E-state index in [9.17, 15) is 0 Å². The second kappa shape index (κ2) is 7.96. The second-order valence-corrected chi connectivity index (χ2v) is 7.50. The molecule has 0 radical (unpaired) electrons. The molecule has 0 amide bonds. The van der Waals surface area contributed by atoms with E-state index in [2.05, 4.69) is 60.8 Å². The standard InChI is InChI=1S/C21H21BrN4O/c1-23-21(26-19-11-18(19)14-7-9-16(22)10-8-14)24-12-17-13-27-20(25-17)15-5-3-2-4-6-15/h2-10,13,18-19H,11-12H2,1H3,(H2,23,24,26). The van der Waals surface area contributed by atoms with Crippen molar-refractivity contribution in [3.05, 3.63) is 76.6 Å². The van der Waals surface area contributed by atoms with Gasteiger partial charge in [0.15, 0.2) is 5.96 Å². The molecule has 0 spiro atoms. The molecule has 6 heteroatoms. The molecule has 2 N–H and O–H groups in total. The van der Waals surface area contributed by atoms with E-state index in [4.69, 9.17) is 4.42 Å². The Morgan fingerprint density at radius 1 is 1.19 bits per heavy atom. The number of aliphatic imine (C=N–C) groups is 1. The number of hydrogen-bond acceptors (Lipinski definition) is 3. The minimum atomic E-state index is 0.412. The monoisotopic (exact) mass is 424 g/mol. The fourth-order valence-electron chi connectivity index (χ4n) is 3.08. The quantitative estimate of drug-likeness (QED) is 0.472. The molecule has 1 aliphatic rings. The van der Waals surface area contributed by atoms with Crippen molar-refractivity contribution >= 4 is 21.9 Å². The molecule has 2 atom stereocenters. The fraction of sp³-hybridized carbons (Fsp3) is 0.238. The van der Waals surface area contributed by atoms with Gasteiger partial charge in [0.05, 0.1) is 12.2 Å². The Morgan fingerprint density at radius 2 is 1.96 bits per heavy atom. The molecule has 27 heavy (non-hydrogen) atoms. The molecule has 0 bridgehead atoms. The van der Waals surface area contributed by atoms with Gasteiger partial charge < -0.3 is 15.1 Å². The Bertz CT molecular complexity index is 921. The maximum atomic E-state index is 5.58. The van der Waals surface area contributed by atoms with Gasteiger partial charge in [-0.3, -0.25) is 4.99 Å². The van der Waals surface area contributed by atoms with Crippen LogP contribution in [0.25, 0.3) is 11.5 Å². The van der Waals surface area contributed by atoms with Crippen molar-refractivity contribution in [1.29, 1.82) is 0 Å². The topological polar surface area (TPSA) is 62.5 Å². The number of hydrogen-bond donors (Lipinski definition) is 2. The zero-order chi connectivity index (χ0) is 18.6. The number of rotatable bonds is 5. The molecule has 5 nitrogen and oxygen atoms in total. The maximum Gasteiger partial charge on any atom is 0.226 e. The van der Waals surface area contributed by atoms with Gasteiger partial charge in [0.2, 0.25) is 5.89 Å². The van der Waals surface area contributed by atoms with Gasteiger partial charge in [-0.05, 0) is 36.2 Å². The first-order valence-electron chi connectivity index (χ1n) is 8.95. The molecule has 2 unspecified atom stereocenters. The summed E-state index contributed by atoms with van der Waals surface area (Å²) in [5, 5.41) is 6.79. The van der Waals surface area contributed by atoms with E-state index >= 15 is 0 Å². The largest absolute Gasteiger partial charge is 0.444 e. The number of nitrogens with one attached hydrogen (secondary N) is 2. The average molecular weight is 425 g/mol. The third kappa shape index (κ3) is 4.39. The molecule has 0 saturated heterocycles. The Labute approximate surface area is 167 Å². The zero-order valence-electron chi connectivity index (χ0n) is 15.0. The number of guanidine groups is 1. The van der Waals surface area contributed by atoms with Crippen molar-refractivity contribution in [2.24, 2.45) is 4.99 Å². The highest BCUT2D eigenvalue weighted by Gasteiger charge is 2.38. The van der Waals surface area contributed by atoms with E-state index in [1.807, 2.05) is 30.3 Å². The van der Waals surface area contributed by atoms with Crippen LogP contribution in [0.5, 0.6) is 0 Å². The molecule has 1 aromatic heterocycles. The van der Waals surface area contributed by atoms with Crippen LogP contribution in [0.2, 0.25) is 0 Å². The van der Waals surface area contributed by atoms with E-state index in [1.54, 1.807) is 13.3 Å². The summed E-state index contributed by atoms with van der Waals surface area (Å²) < 4.78 is 6.69.